The molecule has 0 aliphatic heterocycles. The molecule has 0 radical (unpaired) electrons. The fourth-order valence-corrected chi connectivity index (χ4v) is 1.47. The van der Waals surface area contributed by atoms with Crippen LogP contribution >= 0.6 is 0 Å². The number of hydrogen-bond donors (Lipinski definition) is 3. The molecule has 1 aromatic rings. The highest BCUT2D eigenvalue weighted by molar-refractivity contribution is 6.05. The first-order valence-corrected chi connectivity index (χ1v) is 5.69. The van der Waals surface area contributed by atoms with Crippen molar-refractivity contribution in [2.24, 2.45) is 16.3 Å². The van der Waals surface area contributed by atoms with Crippen molar-refractivity contribution < 1.29 is 10.0 Å². The van der Waals surface area contributed by atoms with E-state index in [-0.39, 0.29) is 11.7 Å². The Morgan fingerprint density at radius 1 is 1.50 bits per heavy atom. The van der Waals surface area contributed by atoms with Gasteiger partial charge in [-0.15, -0.1) is 0 Å². The summed E-state index contributed by atoms with van der Waals surface area (Å²) in [4.78, 5) is 11.9. The fourth-order valence-electron chi connectivity index (χ4n) is 1.47. The zero-order valence-electron chi connectivity index (χ0n) is 10.9. The number of rotatable bonds is 4. The first kappa shape index (κ1) is 14.0. The lowest BCUT2D eigenvalue weighted by molar-refractivity contribution is -0.126. The Morgan fingerprint density at radius 2 is 2.17 bits per heavy atom. The smallest absolute Gasteiger partial charge is 0.233 e. The van der Waals surface area contributed by atoms with Crippen LogP contribution < -0.4 is 11.1 Å². The Hall–Kier alpha value is -2.04. The van der Waals surface area contributed by atoms with Crippen LogP contribution in [0.1, 0.15) is 25.0 Å². The van der Waals surface area contributed by atoms with Crippen molar-refractivity contribution in [1.29, 1.82) is 0 Å². The standard InChI is InChI=1S/C13H19N3O2/c1-9-5-4-6-10(7-9)8-15-12(17)13(2,3)11(14)16-18/h4-7,18H,8H2,1-3H3,(H2,14,16)(H,15,17). The molecule has 0 saturated heterocycles. The highest BCUT2D eigenvalue weighted by Crippen LogP contribution is 2.15. The Bertz CT molecular complexity index is 467. The monoisotopic (exact) mass is 249 g/mol. The summed E-state index contributed by atoms with van der Waals surface area (Å²) in [6, 6.07) is 7.86. The number of nitrogens with two attached hydrogens (primary N) is 1. The number of aryl methyl sites for hydroxylation is 1. The van der Waals surface area contributed by atoms with Gasteiger partial charge in [-0.2, -0.15) is 0 Å². The molecule has 1 amide bonds. The average Bonchev–Trinajstić information content (AvgIpc) is 2.34. The van der Waals surface area contributed by atoms with Crippen molar-refractivity contribution in [3.63, 3.8) is 0 Å². The Labute approximate surface area is 107 Å². The van der Waals surface area contributed by atoms with Crippen LogP contribution in [0.2, 0.25) is 0 Å². The molecular weight excluding hydrogens is 230 g/mol. The molecular formula is C13H19N3O2. The minimum atomic E-state index is -1.03. The number of nitrogens with one attached hydrogen (secondary N) is 1. The van der Waals surface area contributed by atoms with E-state index in [1.54, 1.807) is 13.8 Å². The zero-order chi connectivity index (χ0) is 13.8. The quantitative estimate of drug-likeness (QED) is 0.326. The van der Waals surface area contributed by atoms with E-state index < -0.39 is 5.41 Å². The summed E-state index contributed by atoms with van der Waals surface area (Å²) in [5.74, 6) is -0.386. The number of oxime groups is 1. The molecule has 0 unspecified atom stereocenters. The van der Waals surface area contributed by atoms with Gasteiger partial charge in [-0.1, -0.05) is 35.0 Å². The molecule has 5 nitrogen and oxygen atoms in total. The van der Waals surface area contributed by atoms with Gasteiger partial charge in [-0.3, -0.25) is 4.79 Å². The van der Waals surface area contributed by atoms with Crippen LogP contribution in [0.25, 0.3) is 0 Å². The molecule has 0 saturated carbocycles. The van der Waals surface area contributed by atoms with Gasteiger partial charge in [0.2, 0.25) is 5.91 Å². The van der Waals surface area contributed by atoms with Gasteiger partial charge in [0.25, 0.3) is 0 Å². The molecule has 0 aliphatic rings. The lowest BCUT2D eigenvalue weighted by atomic mass is 9.91. The molecule has 1 rings (SSSR count). The maximum atomic E-state index is 11.9. The van der Waals surface area contributed by atoms with E-state index >= 15 is 0 Å². The van der Waals surface area contributed by atoms with E-state index in [2.05, 4.69) is 10.5 Å². The highest BCUT2D eigenvalue weighted by atomic mass is 16.4. The maximum Gasteiger partial charge on any atom is 0.233 e. The van der Waals surface area contributed by atoms with Crippen LogP contribution in [-0.2, 0) is 11.3 Å². The number of amides is 1. The first-order valence-electron chi connectivity index (χ1n) is 5.69. The number of benzene rings is 1. The largest absolute Gasteiger partial charge is 0.409 e. The molecule has 0 heterocycles. The van der Waals surface area contributed by atoms with E-state index in [9.17, 15) is 4.79 Å². The van der Waals surface area contributed by atoms with E-state index in [1.807, 2.05) is 31.2 Å². The van der Waals surface area contributed by atoms with E-state index in [0.717, 1.165) is 11.1 Å². The van der Waals surface area contributed by atoms with Crippen molar-refractivity contribution in [2.45, 2.75) is 27.3 Å². The molecule has 0 atom stereocenters. The highest BCUT2D eigenvalue weighted by Gasteiger charge is 2.32. The molecule has 18 heavy (non-hydrogen) atoms. The Balaban J connectivity index is 2.67. The van der Waals surface area contributed by atoms with Crippen LogP contribution in [0.3, 0.4) is 0 Å². The second kappa shape index (κ2) is 5.53. The third kappa shape index (κ3) is 3.23. The number of carbonyl (C=O) groups excluding carboxylic acids is 1. The van der Waals surface area contributed by atoms with Gasteiger partial charge in [0.15, 0.2) is 5.84 Å². The Morgan fingerprint density at radius 3 is 2.72 bits per heavy atom. The summed E-state index contributed by atoms with van der Waals surface area (Å²) in [5.41, 5.74) is 6.60. The van der Waals surface area contributed by atoms with Gasteiger partial charge >= 0.3 is 0 Å². The predicted octanol–water partition coefficient (Wildman–Crippen LogP) is 1.38. The number of amidine groups is 1. The van der Waals surface area contributed by atoms with Gasteiger partial charge in [-0.25, -0.2) is 0 Å². The molecule has 5 heteroatoms. The van der Waals surface area contributed by atoms with Crippen LogP contribution in [0.5, 0.6) is 0 Å². The minimum Gasteiger partial charge on any atom is -0.409 e. The lowest BCUT2D eigenvalue weighted by Crippen LogP contribution is -2.45. The van der Waals surface area contributed by atoms with Crippen molar-refractivity contribution >= 4 is 11.7 Å². The van der Waals surface area contributed by atoms with E-state index in [1.165, 1.54) is 0 Å². The third-order valence-electron chi connectivity index (χ3n) is 2.85. The molecule has 4 N–H and O–H groups in total. The predicted molar refractivity (Wildman–Crippen MR) is 70.2 cm³/mol. The second-order valence-corrected chi connectivity index (χ2v) is 4.78. The topological polar surface area (TPSA) is 87.7 Å². The van der Waals surface area contributed by atoms with Gasteiger partial charge in [-0.05, 0) is 26.3 Å². The molecule has 98 valence electrons. The molecule has 0 aromatic heterocycles. The van der Waals surface area contributed by atoms with Crippen LogP contribution in [0, 0.1) is 12.3 Å². The summed E-state index contributed by atoms with van der Waals surface area (Å²) in [7, 11) is 0. The van der Waals surface area contributed by atoms with Crippen LogP contribution in [0.4, 0.5) is 0 Å². The molecule has 1 aromatic carbocycles. The van der Waals surface area contributed by atoms with Gasteiger partial charge in [0.05, 0.1) is 0 Å². The molecule has 0 aliphatic carbocycles. The van der Waals surface area contributed by atoms with E-state index in [4.69, 9.17) is 10.9 Å². The average molecular weight is 249 g/mol. The molecule has 0 fully saturated rings. The molecule has 0 bridgehead atoms. The van der Waals surface area contributed by atoms with Gasteiger partial charge in [0.1, 0.15) is 5.41 Å². The summed E-state index contributed by atoms with van der Waals surface area (Å²) in [6.07, 6.45) is 0. The lowest BCUT2D eigenvalue weighted by Gasteiger charge is -2.21. The number of nitrogens with zero attached hydrogens (tertiary/aromatic N) is 1. The third-order valence-corrected chi connectivity index (χ3v) is 2.85. The normalized spacial score (nSPS) is 12.3. The minimum absolute atomic E-state index is 0.107. The SMILES string of the molecule is Cc1cccc(CNC(=O)C(C)(C)C(N)=NO)c1. The van der Waals surface area contributed by atoms with Gasteiger partial charge in [0, 0.05) is 6.54 Å². The number of carbonyl (C=O) groups is 1. The van der Waals surface area contributed by atoms with Crippen molar-refractivity contribution in [1.82, 2.24) is 5.32 Å². The van der Waals surface area contributed by atoms with Crippen LogP contribution in [-0.4, -0.2) is 17.0 Å². The maximum absolute atomic E-state index is 11.9. The van der Waals surface area contributed by atoms with Crippen molar-refractivity contribution in [2.75, 3.05) is 0 Å². The summed E-state index contributed by atoms with van der Waals surface area (Å²) >= 11 is 0. The summed E-state index contributed by atoms with van der Waals surface area (Å²) in [5, 5.41) is 14.3. The zero-order valence-corrected chi connectivity index (χ0v) is 10.9. The number of hydrogen-bond acceptors (Lipinski definition) is 3. The first-order chi connectivity index (χ1) is 8.37. The second-order valence-electron chi connectivity index (χ2n) is 4.78. The fraction of sp³-hybridized carbons (Fsp3) is 0.385. The summed E-state index contributed by atoms with van der Waals surface area (Å²) < 4.78 is 0. The van der Waals surface area contributed by atoms with Gasteiger partial charge < -0.3 is 16.3 Å². The summed E-state index contributed by atoms with van der Waals surface area (Å²) in [6.45, 7) is 5.62. The van der Waals surface area contributed by atoms with Crippen LogP contribution in [0.15, 0.2) is 29.4 Å². The Kier molecular flexibility index (Phi) is 4.31. The molecule has 0 spiro atoms. The van der Waals surface area contributed by atoms with E-state index in [0.29, 0.717) is 6.54 Å². The van der Waals surface area contributed by atoms with Crippen molar-refractivity contribution in [3.05, 3.63) is 35.4 Å². The van der Waals surface area contributed by atoms with Crippen molar-refractivity contribution in [3.8, 4) is 0 Å².